The maximum absolute atomic E-state index is 11.1. The summed E-state index contributed by atoms with van der Waals surface area (Å²) in [5.74, 6) is -0.396. The van der Waals surface area contributed by atoms with Crippen LogP contribution in [0.25, 0.3) is 0 Å². The van der Waals surface area contributed by atoms with Crippen molar-refractivity contribution < 1.29 is 14.3 Å². The van der Waals surface area contributed by atoms with E-state index < -0.39 is 5.97 Å². The summed E-state index contributed by atoms with van der Waals surface area (Å²) >= 11 is 0. The molecular formula is C9H14N4O3. The van der Waals surface area contributed by atoms with Crippen LogP contribution in [0.5, 0.6) is 0 Å². The fourth-order valence-electron chi connectivity index (χ4n) is 1.05. The number of hydrogen-bond acceptors (Lipinski definition) is 4. The molecule has 0 aliphatic heterocycles. The molecule has 2 amide bonds. The van der Waals surface area contributed by atoms with Gasteiger partial charge in [-0.25, -0.2) is 4.79 Å². The molecular weight excluding hydrogens is 212 g/mol. The average Bonchev–Trinajstić information content (AvgIpc) is 2.65. The molecule has 2 N–H and O–H groups in total. The van der Waals surface area contributed by atoms with Crippen molar-refractivity contribution in [3.8, 4) is 0 Å². The van der Waals surface area contributed by atoms with E-state index >= 15 is 0 Å². The zero-order chi connectivity index (χ0) is 12.0. The predicted octanol–water partition coefficient (Wildman–Crippen LogP) is 0.197. The van der Waals surface area contributed by atoms with Crippen LogP contribution >= 0.6 is 0 Å². The van der Waals surface area contributed by atoms with Crippen molar-refractivity contribution in [3.05, 3.63) is 12.4 Å². The molecule has 1 rings (SSSR count). The first-order valence-corrected chi connectivity index (χ1v) is 4.79. The van der Waals surface area contributed by atoms with Crippen LogP contribution in [0.2, 0.25) is 0 Å². The Morgan fingerprint density at radius 3 is 2.94 bits per heavy atom. The number of aromatic nitrogens is 2. The summed E-state index contributed by atoms with van der Waals surface area (Å²) in [7, 11) is 1.31. The Morgan fingerprint density at radius 2 is 2.31 bits per heavy atom. The lowest BCUT2D eigenvalue weighted by atomic mass is 10.5. The molecule has 7 nitrogen and oxygen atoms in total. The molecule has 0 atom stereocenters. The zero-order valence-electron chi connectivity index (χ0n) is 9.19. The van der Waals surface area contributed by atoms with Crippen LogP contribution in [0.15, 0.2) is 12.4 Å². The van der Waals surface area contributed by atoms with Gasteiger partial charge in [-0.1, -0.05) is 0 Å². The molecule has 1 aromatic rings. The Bertz CT molecular complexity index is 375. The lowest BCUT2D eigenvalue weighted by Gasteiger charge is -2.02. The maximum Gasteiger partial charge on any atom is 0.327 e. The molecule has 1 heterocycles. The molecule has 0 radical (unpaired) electrons. The lowest BCUT2D eigenvalue weighted by Crippen LogP contribution is -2.28. The van der Waals surface area contributed by atoms with Crippen molar-refractivity contribution in [2.45, 2.75) is 13.5 Å². The number of rotatable bonds is 4. The minimum atomic E-state index is -0.396. The Kier molecular flexibility index (Phi) is 4.31. The summed E-state index contributed by atoms with van der Waals surface area (Å²) in [5, 5.41) is 9.04. The minimum absolute atomic E-state index is 0.0214. The van der Waals surface area contributed by atoms with Crippen LogP contribution in [0, 0.1) is 0 Å². The van der Waals surface area contributed by atoms with Gasteiger partial charge in [-0.05, 0) is 6.92 Å². The highest BCUT2D eigenvalue weighted by Crippen LogP contribution is 2.04. The Balaban J connectivity index is 2.51. The Morgan fingerprint density at radius 1 is 1.56 bits per heavy atom. The third-order valence-corrected chi connectivity index (χ3v) is 1.75. The van der Waals surface area contributed by atoms with E-state index in [1.807, 2.05) is 6.92 Å². The second kappa shape index (κ2) is 5.74. The number of ether oxygens (including phenoxy) is 1. The highest BCUT2D eigenvalue weighted by molar-refractivity contribution is 5.88. The fourth-order valence-corrected chi connectivity index (χ4v) is 1.05. The van der Waals surface area contributed by atoms with Gasteiger partial charge in [-0.2, -0.15) is 5.10 Å². The van der Waals surface area contributed by atoms with Gasteiger partial charge in [0, 0.05) is 12.7 Å². The number of carbonyl (C=O) groups excluding carboxylic acids is 2. The van der Waals surface area contributed by atoms with E-state index in [1.165, 1.54) is 18.0 Å². The monoisotopic (exact) mass is 226 g/mol. The Labute approximate surface area is 92.8 Å². The molecule has 0 unspecified atom stereocenters. The predicted molar refractivity (Wildman–Crippen MR) is 56.9 cm³/mol. The fraction of sp³-hybridized carbons (Fsp3) is 0.444. The van der Waals surface area contributed by atoms with E-state index in [0.29, 0.717) is 12.2 Å². The van der Waals surface area contributed by atoms with Crippen molar-refractivity contribution >= 4 is 17.7 Å². The third-order valence-electron chi connectivity index (χ3n) is 1.75. The standard InChI is InChI=1S/C9H14N4O3/c1-3-10-9(15)12-7-4-11-13(5-7)6-8(14)16-2/h4-5H,3,6H2,1-2H3,(H2,10,12,15). The number of nitrogens with one attached hydrogen (secondary N) is 2. The van der Waals surface area contributed by atoms with Crippen molar-refractivity contribution in [2.24, 2.45) is 0 Å². The number of amides is 2. The first-order valence-electron chi connectivity index (χ1n) is 4.79. The smallest absolute Gasteiger partial charge is 0.327 e. The first-order chi connectivity index (χ1) is 7.65. The van der Waals surface area contributed by atoms with Crippen LogP contribution in [0.4, 0.5) is 10.5 Å². The summed E-state index contributed by atoms with van der Waals surface area (Å²) < 4.78 is 5.87. The number of methoxy groups -OCH3 is 1. The molecule has 88 valence electrons. The van der Waals surface area contributed by atoms with Gasteiger partial charge in [0.05, 0.1) is 19.0 Å². The number of urea groups is 1. The van der Waals surface area contributed by atoms with Gasteiger partial charge < -0.3 is 15.4 Å². The normalized spacial score (nSPS) is 9.62. The highest BCUT2D eigenvalue weighted by Gasteiger charge is 2.05. The molecule has 1 aromatic heterocycles. The van der Waals surface area contributed by atoms with E-state index in [9.17, 15) is 9.59 Å². The average molecular weight is 226 g/mol. The van der Waals surface area contributed by atoms with Gasteiger partial charge in [0.1, 0.15) is 6.54 Å². The van der Waals surface area contributed by atoms with Crippen LogP contribution < -0.4 is 10.6 Å². The van der Waals surface area contributed by atoms with Crippen LogP contribution in [-0.4, -0.2) is 35.4 Å². The molecule has 7 heteroatoms. The van der Waals surface area contributed by atoms with Crippen LogP contribution in [-0.2, 0) is 16.1 Å². The maximum atomic E-state index is 11.1. The van der Waals surface area contributed by atoms with E-state index in [2.05, 4.69) is 20.5 Å². The van der Waals surface area contributed by atoms with E-state index in [-0.39, 0.29) is 12.6 Å². The molecule has 0 saturated carbocycles. The van der Waals surface area contributed by atoms with Gasteiger partial charge in [-0.15, -0.1) is 0 Å². The molecule has 0 spiro atoms. The molecule has 0 saturated heterocycles. The number of esters is 1. The number of nitrogens with zero attached hydrogens (tertiary/aromatic N) is 2. The van der Waals surface area contributed by atoms with E-state index in [1.54, 1.807) is 6.20 Å². The number of hydrogen-bond donors (Lipinski definition) is 2. The van der Waals surface area contributed by atoms with Gasteiger partial charge >= 0.3 is 12.0 Å². The second-order valence-electron chi connectivity index (χ2n) is 2.99. The molecule has 0 aliphatic rings. The third kappa shape index (κ3) is 3.60. The molecule has 0 aliphatic carbocycles. The Hall–Kier alpha value is -2.05. The van der Waals surface area contributed by atoms with Gasteiger partial charge in [0.2, 0.25) is 0 Å². The van der Waals surface area contributed by atoms with E-state index in [4.69, 9.17) is 0 Å². The van der Waals surface area contributed by atoms with Gasteiger partial charge in [0.25, 0.3) is 0 Å². The molecule has 0 aromatic carbocycles. The van der Waals surface area contributed by atoms with Crippen molar-refractivity contribution in [1.29, 1.82) is 0 Å². The summed E-state index contributed by atoms with van der Waals surface area (Å²) in [4.78, 5) is 22.1. The van der Waals surface area contributed by atoms with E-state index in [0.717, 1.165) is 0 Å². The summed E-state index contributed by atoms with van der Waals surface area (Å²) in [6.45, 7) is 2.38. The SMILES string of the molecule is CCNC(=O)Nc1cnn(CC(=O)OC)c1. The minimum Gasteiger partial charge on any atom is -0.468 e. The molecule has 0 bridgehead atoms. The highest BCUT2D eigenvalue weighted by atomic mass is 16.5. The largest absolute Gasteiger partial charge is 0.468 e. The van der Waals surface area contributed by atoms with Crippen molar-refractivity contribution in [3.63, 3.8) is 0 Å². The zero-order valence-corrected chi connectivity index (χ0v) is 9.19. The molecule has 16 heavy (non-hydrogen) atoms. The quantitative estimate of drug-likeness (QED) is 0.718. The number of anilines is 1. The lowest BCUT2D eigenvalue weighted by molar-refractivity contribution is -0.141. The summed E-state index contributed by atoms with van der Waals surface area (Å²) in [5.41, 5.74) is 0.523. The summed E-state index contributed by atoms with van der Waals surface area (Å²) in [6.07, 6.45) is 3.00. The topological polar surface area (TPSA) is 85.3 Å². The van der Waals surface area contributed by atoms with Gasteiger partial charge in [0.15, 0.2) is 0 Å². The first kappa shape index (κ1) is 12.0. The van der Waals surface area contributed by atoms with Crippen molar-refractivity contribution in [2.75, 3.05) is 19.0 Å². The van der Waals surface area contributed by atoms with Gasteiger partial charge in [-0.3, -0.25) is 9.48 Å². The van der Waals surface area contributed by atoms with Crippen molar-refractivity contribution in [1.82, 2.24) is 15.1 Å². The number of carbonyl (C=O) groups is 2. The van der Waals surface area contributed by atoms with Crippen LogP contribution in [0.1, 0.15) is 6.92 Å². The second-order valence-corrected chi connectivity index (χ2v) is 2.99. The van der Waals surface area contributed by atoms with Crippen LogP contribution in [0.3, 0.4) is 0 Å². The molecule has 0 fully saturated rings. The summed E-state index contributed by atoms with van der Waals surface area (Å²) in [6, 6.07) is -0.305.